The van der Waals surface area contributed by atoms with E-state index in [-0.39, 0.29) is 12.1 Å². The van der Waals surface area contributed by atoms with E-state index in [1.54, 1.807) is 5.38 Å². The predicted molar refractivity (Wildman–Crippen MR) is 121 cm³/mol. The van der Waals surface area contributed by atoms with Gasteiger partial charge in [-0.15, -0.1) is 17.8 Å². The molecule has 152 valence electrons. The van der Waals surface area contributed by atoms with E-state index in [1.807, 2.05) is 24.3 Å². The number of hydrogen-bond donors (Lipinski definition) is 3. The molecule has 2 heterocycles. The number of carbonyl (C=O) groups is 1. The molecular weight excluding hydrogens is 396 g/mol. The lowest BCUT2D eigenvalue weighted by Gasteiger charge is -2.23. The lowest BCUT2D eigenvalue weighted by atomic mass is 10.0. The normalized spacial score (nSPS) is 15.6. The fraction of sp³-hybridized carbons (Fsp3) is 0.217. The molecule has 30 heavy (non-hydrogen) atoms. The summed E-state index contributed by atoms with van der Waals surface area (Å²) in [6.07, 6.45) is 5.73. The zero-order valence-corrected chi connectivity index (χ0v) is 17.2. The lowest BCUT2D eigenvalue weighted by Crippen LogP contribution is -2.30. The van der Waals surface area contributed by atoms with Crippen molar-refractivity contribution in [3.63, 3.8) is 0 Å². The van der Waals surface area contributed by atoms with Crippen molar-refractivity contribution in [1.29, 1.82) is 0 Å². The summed E-state index contributed by atoms with van der Waals surface area (Å²) in [7, 11) is 0. The molecule has 0 aliphatic carbocycles. The van der Waals surface area contributed by atoms with Gasteiger partial charge < -0.3 is 15.3 Å². The first-order chi connectivity index (χ1) is 14.6. The number of terminal acetylenes is 1. The van der Waals surface area contributed by atoms with E-state index >= 15 is 0 Å². The number of aliphatic hydroxyl groups excluding tert-OH is 1. The summed E-state index contributed by atoms with van der Waals surface area (Å²) in [6, 6.07) is 16.0. The van der Waals surface area contributed by atoms with Crippen LogP contribution < -0.4 is 15.5 Å². The van der Waals surface area contributed by atoms with Crippen molar-refractivity contribution >= 4 is 28.9 Å². The van der Waals surface area contributed by atoms with Crippen LogP contribution in [0.1, 0.15) is 17.0 Å². The molecule has 7 heteroatoms. The van der Waals surface area contributed by atoms with Crippen LogP contribution in [0.2, 0.25) is 0 Å². The van der Waals surface area contributed by atoms with Crippen LogP contribution in [-0.4, -0.2) is 35.3 Å². The van der Waals surface area contributed by atoms with Crippen molar-refractivity contribution in [1.82, 2.24) is 10.3 Å². The van der Waals surface area contributed by atoms with Crippen LogP contribution in [0.3, 0.4) is 0 Å². The van der Waals surface area contributed by atoms with E-state index in [0.29, 0.717) is 23.9 Å². The van der Waals surface area contributed by atoms with Gasteiger partial charge in [-0.05, 0) is 35.1 Å². The monoisotopic (exact) mass is 418 g/mol. The number of urea groups is 1. The number of rotatable bonds is 5. The SMILES string of the molecule is C#Cc1nc(NC(=O)NCc2ccc(-c3ccccc3)cc2N2CC[C@H](O)C2)cs1. The maximum Gasteiger partial charge on any atom is 0.320 e. The van der Waals surface area contributed by atoms with Crippen LogP contribution in [0.5, 0.6) is 0 Å². The Morgan fingerprint density at radius 3 is 2.80 bits per heavy atom. The molecule has 3 aromatic rings. The number of nitrogens with one attached hydrogen (secondary N) is 2. The van der Waals surface area contributed by atoms with Crippen molar-refractivity contribution in [3.05, 3.63) is 64.5 Å². The van der Waals surface area contributed by atoms with Crippen LogP contribution in [0.25, 0.3) is 11.1 Å². The average molecular weight is 419 g/mol. The molecule has 1 atom stereocenters. The molecule has 3 N–H and O–H groups in total. The van der Waals surface area contributed by atoms with E-state index in [4.69, 9.17) is 6.42 Å². The largest absolute Gasteiger partial charge is 0.391 e. The van der Waals surface area contributed by atoms with E-state index < -0.39 is 0 Å². The number of hydrogen-bond acceptors (Lipinski definition) is 5. The Hall–Kier alpha value is -3.34. The molecule has 0 saturated carbocycles. The number of benzene rings is 2. The van der Waals surface area contributed by atoms with Gasteiger partial charge in [-0.1, -0.05) is 42.5 Å². The minimum Gasteiger partial charge on any atom is -0.391 e. The van der Waals surface area contributed by atoms with Gasteiger partial charge in [0.15, 0.2) is 5.01 Å². The predicted octanol–water partition coefficient (Wildman–Crippen LogP) is 3.68. The number of carbonyl (C=O) groups excluding carboxylic acids is 1. The molecule has 0 spiro atoms. The molecule has 0 radical (unpaired) electrons. The second-order valence-electron chi connectivity index (χ2n) is 7.09. The smallest absolute Gasteiger partial charge is 0.320 e. The van der Waals surface area contributed by atoms with Crippen LogP contribution in [0, 0.1) is 12.3 Å². The van der Waals surface area contributed by atoms with Crippen molar-refractivity contribution in [2.45, 2.75) is 19.1 Å². The molecule has 2 aromatic carbocycles. The fourth-order valence-corrected chi connectivity index (χ4v) is 4.07. The number of amides is 2. The highest BCUT2D eigenvalue weighted by Crippen LogP contribution is 2.30. The van der Waals surface area contributed by atoms with E-state index in [2.05, 4.69) is 50.7 Å². The van der Waals surface area contributed by atoms with Gasteiger partial charge in [0.05, 0.1) is 6.10 Å². The molecule has 0 bridgehead atoms. The number of anilines is 2. The third kappa shape index (κ3) is 4.62. The molecule has 1 aromatic heterocycles. The standard InChI is InChI=1S/C23H22N4O2S/c1-2-22-25-21(15-30-22)26-23(29)24-13-18-9-8-17(16-6-4-3-5-7-16)12-20(18)27-11-10-19(28)14-27/h1,3-9,12,15,19,28H,10-11,13-14H2,(H2,24,26,29)/t19-/m0/s1. The first-order valence-corrected chi connectivity index (χ1v) is 10.6. The zero-order chi connectivity index (χ0) is 20.9. The summed E-state index contributed by atoms with van der Waals surface area (Å²) in [6.45, 7) is 1.73. The summed E-state index contributed by atoms with van der Waals surface area (Å²) < 4.78 is 0. The lowest BCUT2D eigenvalue weighted by molar-refractivity contribution is 0.198. The van der Waals surface area contributed by atoms with Crippen molar-refractivity contribution < 1.29 is 9.90 Å². The topological polar surface area (TPSA) is 77.5 Å². The summed E-state index contributed by atoms with van der Waals surface area (Å²) in [4.78, 5) is 18.6. The molecule has 1 aliphatic heterocycles. The average Bonchev–Trinajstić information content (AvgIpc) is 3.41. The van der Waals surface area contributed by atoms with Crippen LogP contribution >= 0.6 is 11.3 Å². The molecule has 1 aliphatic rings. The minimum atomic E-state index is -0.344. The molecule has 6 nitrogen and oxygen atoms in total. The molecule has 4 rings (SSSR count). The Labute approximate surface area is 179 Å². The minimum absolute atomic E-state index is 0.329. The van der Waals surface area contributed by atoms with Gasteiger partial charge in [0.2, 0.25) is 0 Å². The Morgan fingerprint density at radius 2 is 2.10 bits per heavy atom. The maximum absolute atomic E-state index is 12.3. The number of β-amino-alcohol motifs (C(OH)–C–C–N with tert-alkyl or cyclic N) is 1. The highest BCUT2D eigenvalue weighted by molar-refractivity contribution is 7.10. The van der Waals surface area contributed by atoms with Crippen molar-refractivity contribution in [3.8, 4) is 23.5 Å². The third-order valence-electron chi connectivity index (χ3n) is 5.01. The van der Waals surface area contributed by atoms with Crippen molar-refractivity contribution in [2.24, 2.45) is 0 Å². The van der Waals surface area contributed by atoms with Gasteiger partial charge in [0.1, 0.15) is 5.82 Å². The highest BCUT2D eigenvalue weighted by atomic mass is 32.1. The number of nitrogens with zero attached hydrogens (tertiary/aromatic N) is 2. The number of aliphatic hydroxyl groups is 1. The van der Waals surface area contributed by atoms with Gasteiger partial charge in [-0.2, -0.15) is 0 Å². The summed E-state index contributed by atoms with van der Waals surface area (Å²) >= 11 is 1.30. The third-order valence-corrected chi connectivity index (χ3v) is 5.78. The highest BCUT2D eigenvalue weighted by Gasteiger charge is 2.23. The van der Waals surface area contributed by atoms with Gasteiger partial charge in [-0.25, -0.2) is 9.78 Å². The Kier molecular flexibility index (Phi) is 5.98. The quantitative estimate of drug-likeness (QED) is 0.553. The van der Waals surface area contributed by atoms with Crippen LogP contribution in [-0.2, 0) is 6.54 Å². The van der Waals surface area contributed by atoms with Gasteiger partial charge in [0, 0.05) is 30.7 Å². The van der Waals surface area contributed by atoms with E-state index in [1.165, 1.54) is 11.3 Å². The summed E-state index contributed by atoms with van der Waals surface area (Å²) in [5, 5.41) is 17.8. The molecule has 1 saturated heterocycles. The van der Waals surface area contributed by atoms with Crippen molar-refractivity contribution in [2.75, 3.05) is 23.3 Å². The first-order valence-electron chi connectivity index (χ1n) is 9.71. The second-order valence-corrected chi connectivity index (χ2v) is 7.95. The number of aromatic nitrogens is 1. The van der Waals surface area contributed by atoms with E-state index in [0.717, 1.165) is 35.3 Å². The summed E-state index contributed by atoms with van der Waals surface area (Å²) in [5.41, 5.74) is 4.24. The molecule has 0 unspecified atom stereocenters. The van der Waals surface area contributed by atoms with Gasteiger partial charge in [-0.3, -0.25) is 5.32 Å². The zero-order valence-electron chi connectivity index (χ0n) is 16.3. The first kappa shape index (κ1) is 20.0. The molecule has 1 fully saturated rings. The second kappa shape index (κ2) is 8.99. The number of thiazole rings is 1. The van der Waals surface area contributed by atoms with Gasteiger partial charge in [0.25, 0.3) is 0 Å². The Balaban J connectivity index is 1.51. The molecular formula is C23H22N4O2S. The summed E-state index contributed by atoms with van der Waals surface area (Å²) in [5.74, 6) is 2.89. The van der Waals surface area contributed by atoms with Crippen LogP contribution in [0.15, 0.2) is 53.9 Å². The van der Waals surface area contributed by atoms with E-state index in [9.17, 15) is 9.90 Å². The fourth-order valence-electron chi connectivity index (χ4n) is 3.51. The Morgan fingerprint density at radius 1 is 1.27 bits per heavy atom. The Bertz CT molecular complexity index is 1070. The van der Waals surface area contributed by atoms with Crippen LogP contribution in [0.4, 0.5) is 16.3 Å². The van der Waals surface area contributed by atoms with Gasteiger partial charge >= 0.3 is 6.03 Å². The maximum atomic E-state index is 12.3. The molecule has 2 amide bonds.